The van der Waals surface area contributed by atoms with E-state index in [0.29, 0.717) is 6.61 Å². The van der Waals surface area contributed by atoms with Crippen LogP contribution in [0.1, 0.15) is 77.6 Å². The standard InChI is InChI=1S/C20H40O4Si/c1-4-17-25(23-3,24-19-20(22)5-2)18-15-13-11-9-7-6-8-10-12-14-16-21/h5,21H,2,4,6-19H2,1,3H3. The molecule has 5 heteroatoms. The van der Waals surface area contributed by atoms with Crippen LogP contribution in [-0.2, 0) is 13.6 Å². The molecule has 0 spiro atoms. The van der Waals surface area contributed by atoms with Gasteiger partial charge in [-0.2, -0.15) is 0 Å². The zero-order valence-electron chi connectivity index (χ0n) is 16.6. The van der Waals surface area contributed by atoms with E-state index in [-0.39, 0.29) is 12.4 Å². The van der Waals surface area contributed by atoms with Crippen molar-refractivity contribution < 1.29 is 18.8 Å². The van der Waals surface area contributed by atoms with Gasteiger partial charge in [0.2, 0.25) is 0 Å². The van der Waals surface area contributed by atoms with Gasteiger partial charge in [-0.3, -0.25) is 4.79 Å². The molecule has 25 heavy (non-hydrogen) atoms. The molecular weight excluding hydrogens is 332 g/mol. The Kier molecular flexibility index (Phi) is 16.6. The van der Waals surface area contributed by atoms with Gasteiger partial charge in [0.1, 0.15) is 0 Å². The van der Waals surface area contributed by atoms with Crippen molar-refractivity contribution in [1.29, 1.82) is 0 Å². The number of aliphatic hydroxyl groups is 1. The molecule has 4 nitrogen and oxygen atoms in total. The number of carbonyl (C=O) groups excluding carboxylic acids is 1. The summed E-state index contributed by atoms with van der Waals surface area (Å²) in [5.41, 5.74) is 0. The van der Waals surface area contributed by atoms with E-state index in [4.69, 9.17) is 14.0 Å². The fraction of sp³-hybridized carbons (Fsp3) is 0.850. The summed E-state index contributed by atoms with van der Waals surface area (Å²) in [5.74, 6) is -0.0657. The minimum absolute atomic E-state index is 0.0657. The first kappa shape index (κ1) is 24.5. The molecule has 0 aromatic carbocycles. The van der Waals surface area contributed by atoms with Crippen molar-refractivity contribution in [2.24, 2.45) is 0 Å². The van der Waals surface area contributed by atoms with Crippen LogP contribution in [0, 0.1) is 0 Å². The quantitative estimate of drug-likeness (QED) is 0.193. The predicted octanol–water partition coefficient (Wildman–Crippen LogP) is 5.15. The Labute approximate surface area is 156 Å². The van der Waals surface area contributed by atoms with Gasteiger partial charge in [-0.05, 0) is 24.6 Å². The highest BCUT2D eigenvalue weighted by molar-refractivity contribution is 6.67. The summed E-state index contributed by atoms with van der Waals surface area (Å²) in [4.78, 5) is 11.4. The summed E-state index contributed by atoms with van der Waals surface area (Å²) in [6.45, 7) is 6.08. The first-order valence-corrected chi connectivity index (χ1v) is 12.3. The van der Waals surface area contributed by atoms with E-state index >= 15 is 0 Å². The predicted molar refractivity (Wildman–Crippen MR) is 107 cm³/mol. The van der Waals surface area contributed by atoms with E-state index in [9.17, 15) is 4.79 Å². The van der Waals surface area contributed by atoms with E-state index in [1.165, 1.54) is 51.0 Å². The Balaban J connectivity index is 3.83. The van der Waals surface area contributed by atoms with Gasteiger partial charge in [0.25, 0.3) is 0 Å². The molecule has 0 radical (unpaired) electrons. The Hall–Kier alpha value is -0.493. The van der Waals surface area contributed by atoms with E-state index in [0.717, 1.165) is 37.8 Å². The van der Waals surface area contributed by atoms with Gasteiger partial charge in [0.05, 0.1) is 6.61 Å². The number of ketones is 1. The normalized spacial score (nSPS) is 13.6. The molecule has 1 unspecified atom stereocenters. The molecule has 1 N–H and O–H groups in total. The second-order valence-electron chi connectivity index (χ2n) is 6.83. The molecule has 0 rings (SSSR count). The molecule has 0 aromatic heterocycles. The van der Waals surface area contributed by atoms with Crippen molar-refractivity contribution in [1.82, 2.24) is 0 Å². The zero-order valence-corrected chi connectivity index (χ0v) is 17.6. The number of hydrogen-bond donors (Lipinski definition) is 1. The van der Waals surface area contributed by atoms with Crippen LogP contribution >= 0.6 is 0 Å². The van der Waals surface area contributed by atoms with Gasteiger partial charge in [0, 0.05) is 13.7 Å². The molecule has 0 saturated carbocycles. The van der Waals surface area contributed by atoms with Crippen LogP contribution in [0.5, 0.6) is 0 Å². The molecule has 0 amide bonds. The van der Waals surface area contributed by atoms with Crippen LogP contribution in [0.3, 0.4) is 0 Å². The smallest absolute Gasteiger partial charge is 0.338 e. The van der Waals surface area contributed by atoms with E-state index in [1.807, 2.05) is 0 Å². The van der Waals surface area contributed by atoms with Crippen molar-refractivity contribution in [3.8, 4) is 0 Å². The summed E-state index contributed by atoms with van der Waals surface area (Å²) >= 11 is 0. The van der Waals surface area contributed by atoms with Crippen molar-refractivity contribution in [3.63, 3.8) is 0 Å². The van der Waals surface area contributed by atoms with Crippen molar-refractivity contribution >= 4 is 14.3 Å². The van der Waals surface area contributed by atoms with Crippen molar-refractivity contribution in [3.05, 3.63) is 12.7 Å². The third-order valence-electron chi connectivity index (χ3n) is 4.67. The highest BCUT2D eigenvalue weighted by Gasteiger charge is 2.35. The van der Waals surface area contributed by atoms with Crippen LogP contribution in [-0.4, -0.2) is 39.8 Å². The second kappa shape index (κ2) is 16.9. The lowest BCUT2D eigenvalue weighted by molar-refractivity contribution is -0.117. The highest BCUT2D eigenvalue weighted by Crippen LogP contribution is 2.24. The number of carbonyl (C=O) groups is 1. The summed E-state index contributed by atoms with van der Waals surface area (Å²) < 4.78 is 11.7. The molecule has 0 aliphatic heterocycles. The molecule has 0 heterocycles. The third-order valence-corrected chi connectivity index (χ3v) is 8.47. The molecule has 0 fully saturated rings. The van der Waals surface area contributed by atoms with Gasteiger partial charge in [-0.1, -0.05) is 77.7 Å². The van der Waals surface area contributed by atoms with Gasteiger partial charge in [0.15, 0.2) is 5.78 Å². The molecular formula is C20H40O4Si. The Bertz CT molecular complexity index is 336. The first-order chi connectivity index (χ1) is 12.1. The van der Waals surface area contributed by atoms with Crippen LogP contribution in [0.15, 0.2) is 12.7 Å². The largest absolute Gasteiger partial charge is 0.398 e. The van der Waals surface area contributed by atoms with Gasteiger partial charge >= 0.3 is 8.56 Å². The summed E-state index contributed by atoms with van der Waals surface area (Å²) in [7, 11) is -0.498. The fourth-order valence-corrected chi connectivity index (χ4v) is 6.12. The number of rotatable bonds is 19. The molecule has 0 saturated heterocycles. The molecule has 0 aliphatic rings. The maximum absolute atomic E-state index is 11.4. The van der Waals surface area contributed by atoms with Crippen LogP contribution in [0.25, 0.3) is 0 Å². The van der Waals surface area contributed by atoms with Crippen LogP contribution < -0.4 is 0 Å². The second-order valence-corrected chi connectivity index (χ2v) is 10.4. The van der Waals surface area contributed by atoms with E-state index in [2.05, 4.69) is 13.5 Å². The van der Waals surface area contributed by atoms with Gasteiger partial charge in [-0.25, -0.2) is 0 Å². The molecule has 0 aromatic rings. The maximum atomic E-state index is 11.4. The SMILES string of the molecule is C=CC(=O)CO[Si](CCC)(CCCCCCCCCCCCO)OC. The fourth-order valence-electron chi connectivity index (χ4n) is 3.10. The Morgan fingerprint density at radius 2 is 1.48 bits per heavy atom. The molecule has 1 atom stereocenters. The average molecular weight is 373 g/mol. The number of hydrogen-bond acceptors (Lipinski definition) is 4. The number of aliphatic hydroxyl groups excluding tert-OH is 1. The lowest BCUT2D eigenvalue weighted by atomic mass is 10.1. The summed E-state index contributed by atoms with van der Waals surface area (Å²) in [5, 5.41) is 8.74. The summed E-state index contributed by atoms with van der Waals surface area (Å²) in [6, 6.07) is 1.92. The van der Waals surface area contributed by atoms with Gasteiger partial charge < -0.3 is 14.0 Å². The van der Waals surface area contributed by atoms with Crippen LogP contribution in [0.2, 0.25) is 12.1 Å². The lowest BCUT2D eigenvalue weighted by Crippen LogP contribution is -2.42. The molecule has 0 bridgehead atoms. The van der Waals surface area contributed by atoms with Crippen molar-refractivity contribution in [2.75, 3.05) is 20.3 Å². The summed E-state index contributed by atoms with van der Waals surface area (Å²) in [6.07, 6.45) is 14.5. The minimum Gasteiger partial charge on any atom is -0.398 e. The highest BCUT2D eigenvalue weighted by atomic mass is 28.4. The van der Waals surface area contributed by atoms with Crippen molar-refractivity contribution in [2.45, 2.75) is 89.6 Å². The van der Waals surface area contributed by atoms with Crippen LogP contribution in [0.4, 0.5) is 0 Å². The maximum Gasteiger partial charge on any atom is 0.338 e. The third kappa shape index (κ3) is 13.4. The van der Waals surface area contributed by atoms with E-state index in [1.54, 1.807) is 7.11 Å². The Morgan fingerprint density at radius 3 is 1.92 bits per heavy atom. The van der Waals surface area contributed by atoms with Gasteiger partial charge in [-0.15, -0.1) is 0 Å². The average Bonchev–Trinajstić information content (AvgIpc) is 2.63. The zero-order chi connectivity index (χ0) is 18.8. The monoisotopic (exact) mass is 372 g/mol. The first-order valence-electron chi connectivity index (χ1n) is 10.1. The minimum atomic E-state index is -2.23. The molecule has 148 valence electrons. The Morgan fingerprint density at radius 1 is 0.960 bits per heavy atom. The lowest BCUT2D eigenvalue weighted by Gasteiger charge is -2.28. The van der Waals surface area contributed by atoms with E-state index < -0.39 is 8.56 Å². The molecule has 0 aliphatic carbocycles. The number of unbranched alkanes of at least 4 members (excludes halogenated alkanes) is 9. The topological polar surface area (TPSA) is 55.8 Å².